The zero-order chi connectivity index (χ0) is 12.7. The molecule has 0 spiro atoms. The van der Waals surface area contributed by atoms with E-state index in [4.69, 9.17) is 8.94 Å². The lowest BCUT2D eigenvalue weighted by atomic mass is 10.2. The summed E-state index contributed by atoms with van der Waals surface area (Å²) >= 11 is 0. The molecule has 0 bridgehead atoms. The van der Waals surface area contributed by atoms with Gasteiger partial charge in [0.25, 0.3) is 0 Å². The Morgan fingerprint density at radius 3 is 3.05 bits per heavy atom. The number of benzene rings is 1. The number of aromatic nitrogens is 2. The standard InChI is InChI=1S/C14H13N3O2/c1-2-6-11-9(4-1)8-12(18-11)13-16-14(19-17-13)10-5-3-7-15-10/h1-2,4,6,8,10,15H,3,5,7H2/t10-/m0/s1. The molecule has 1 aromatic carbocycles. The number of hydrogen-bond acceptors (Lipinski definition) is 5. The summed E-state index contributed by atoms with van der Waals surface area (Å²) in [7, 11) is 0. The van der Waals surface area contributed by atoms with Crippen molar-refractivity contribution in [1.82, 2.24) is 15.5 Å². The molecule has 3 aromatic rings. The Labute approximate surface area is 109 Å². The predicted octanol–water partition coefficient (Wildman–Crippen LogP) is 2.91. The van der Waals surface area contributed by atoms with Gasteiger partial charge in [-0.05, 0) is 31.5 Å². The molecular formula is C14H13N3O2. The van der Waals surface area contributed by atoms with Gasteiger partial charge in [0.05, 0.1) is 6.04 Å². The quantitative estimate of drug-likeness (QED) is 0.762. The zero-order valence-corrected chi connectivity index (χ0v) is 10.3. The monoisotopic (exact) mass is 255 g/mol. The van der Waals surface area contributed by atoms with Gasteiger partial charge in [-0.3, -0.25) is 0 Å². The highest BCUT2D eigenvalue weighted by Gasteiger charge is 2.23. The van der Waals surface area contributed by atoms with Crippen LogP contribution in [0, 0.1) is 0 Å². The maximum Gasteiger partial charge on any atom is 0.244 e. The topological polar surface area (TPSA) is 64.1 Å². The SMILES string of the molecule is c1ccc2oc(-c3noc([C@@H]4CCCN4)n3)cc2c1. The highest BCUT2D eigenvalue weighted by Crippen LogP contribution is 2.28. The molecular weight excluding hydrogens is 242 g/mol. The van der Waals surface area contributed by atoms with Crippen LogP contribution < -0.4 is 5.32 Å². The zero-order valence-electron chi connectivity index (χ0n) is 10.3. The van der Waals surface area contributed by atoms with E-state index in [2.05, 4.69) is 15.5 Å². The van der Waals surface area contributed by atoms with Crippen molar-refractivity contribution in [2.75, 3.05) is 6.54 Å². The molecule has 4 rings (SSSR count). The Hall–Kier alpha value is -2.14. The third-order valence-corrected chi connectivity index (χ3v) is 3.45. The van der Waals surface area contributed by atoms with Gasteiger partial charge < -0.3 is 14.3 Å². The molecule has 1 saturated heterocycles. The number of furan rings is 1. The minimum absolute atomic E-state index is 0.186. The van der Waals surface area contributed by atoms with Gasteiger partial charge in [0.1, 0.15) is 5.58 Å². The van der Waals surface area contributed by atoms with Crippen LogP contribution in [0.1, 0.15) is 24.8 Å². The fourth-order valence-electron chi connectivity index (χ4n) is 2.46. The number of rotatable bonds is 2. The van der Waals surface area contributed by atoms with Crippen LogP contribution in [0.5, 0.6) is 0 Å². The van der Waals surface area contributed by atoms with E-state index in [-0.39, 0.29) is 6.04 Å². The Balaban J connectivity index is 1.71. The first-order valence-electron chi connectivity index (χ1n) is 6.46. The van der Waals surface area contributed by atoms with Crippen LogP contribution in [-0.4, -0.2) is 16.7 Å². The van der Waals surface area contributed by atoms with Gasteiger partial charge >= 0.3 is 0 Å². The summed E-state index contributed by atoms with van der Waals surface area (Å²) in [5.41, 5.74) is 0.836. The van der Waals surface area contributed by atoms with Crippen molar-refractivity contribution in [2.24, 2.45) is 0 Å². The van der Waals surface area contributed by atoms with Gasteiger partial charge in [-0.25, -0.2) is 0 Å². The molecule has 5 heteroatoms. The third kappa shape index (κ3) is 1.82. The smallest absolute Gasteiger partial charge is 0.244 e. The molecule has 0 unspecified atom stereocenters. The summed E-state index contributed by atoms with van der Waals surface area (Å²) in [6.45, 7) is 1.01. The average Bonchev–Trinajstić information content (AvgIpc) is 3.17. The molecule has 19 heavy (non-hydrogen) atoms. The van der Waals surface area contributed by atoms with E-state index in [9.17, 15) is 0 Å². The lowest BCUT2D eigenvalue weighted by Gasteiger charge is -2.00. The predicted molar refractivity (Wildman–Crippen MR) is 69.5 cm³/mol. The lowest BCUT2D eigenvalue weighted by Crippen LogP contribution is -2.12. The van der Waals surface area contributed by atoms with Gasteiger partial charge in [0.15, 0.2) is 5.76 Å². The number of para-hydroxylation sites is 1. The minimum atomic E-state index is 0.186. The van der Waals surface area contributed by atoms with E-state index < -0.39 is 0 Å². The molecule has 2 aromatic heterocycles. The van der Waals surface area contributed by atoms with E-state index in [1.807, 2.05) is 30.3 Å². The molecule has 0 amide bonds. The second-order valence-electron chi connectivity index (χ2n) is 4.75. The van der Waals surface area contributed by atoms with E-state index in [0.29, 0.717) is 17.5 Å². The van der Waals surface area contributed by atoms with Crippen molar-refractivity contribution >= 4 is 11.0 Å². The summed E-state index contributed by atoms with van der Waals surface area (Å²) in [5.74, 6) is 1.81. The van der Waals surface area contributed by atoms with Crippen LogP contribution in [0.25, 0.3) is 22.6 Å². The van der Waals surface area contributed by atoms with E-state index in [0.717, 1.165) is 30.4 Å². The highest BCUT2D eigenvalue weighted by molar-refractivity contribution is 5.81. The third-order valence-electron chi connectivity index (χ3n) is 3.45. The summed E-state index contributed by atoms with van der Waals surface area (Å²) in [5, 5.41) is 8.39. The molecule has 1 N–H and O–H groups in total. The van der Waals surface area contributed by atoms with E-state index in [1.54, 1.807) is 0 Å². The normalized spacial score (nSPS) is 19.3. The van der Waals surface area contributed by atoms with Crippen LogP contribution in [0.15, 0.2) is 39.3 Å². The molecule has 1 aliphatic heterocycles. The van der Waals surface area contributed by atoms with E-state index >= 15 is 0 Å². The molecule has 0 aliphatic carbocycles. The first-order valence-corrected chi connectivity index (χ1v) is 6.46. The van der Waals surface area contributed by atoms with Crippen molar-refractivity contribution in [1.29, 1.82) is 0 Å². The van der Waals surface area contributed by atoms with Crippen LogP contribution in [0.4, 0.5) is 0 Å². The van der Waals surface area contributed by atoms with Crippen molar-refractivity contribution in [3.63, 3.8) is 0 Å². The van der Waals surface area contributed by atoms with Crippen molar-refractivity contribution in [3.8, 4) is 11.6 Å². The first kappa shape index (κ1) is 10.8. The van der Waals surface area contributed by atoms with Crippen molar-refractivity contribution in [2.45, 2.75) is 18.9 Å². The second-order valence-corrected chi connectivity index (χ2v) is 4.75. The maximum absolute atomic E-state index is 5.72. The Morgan fingerprint density at radius 1 is 1.26 bits per heavy atom. The number of fused-ring (bicyclic) bond motifs is 1. The van der Waals surface area contributed by atoms with Gasteiger partial charge in [0, 0.05) is 5.39 Å². The maximum atomic E-state index is 5.72. The summed E-state index contributed by atoms with van der Waals surface area (Å²) in [6, 6.07) is 9.98. The fourth-order valence-corrected chi connectivity index (χ4v) is 2.46. The molecule has 1 aliphatic rings. The molecule has 96 valence electrons. The number of nitrogens with zero attached hydrogens (tertiary/aromatic N) is 2. The molecule has 0 saturated carbocycles. The summed E-state index contributed by atoms with van der Waals surface area (Å²) in [4.78, 5) is 4.42. The van der Waals surface area contributed by atoms with Crippen molar-refractivity contribution < 1.29 is 8.94 Å². The Bertz CT molecular complexity index is 677. The Morgan fingerprint density at radius 2 is 2.21 bits per heavy atom. The average molecular weight is 255 g/mol. The Kier molecular flexibility index (Phi) is 2.38. The van der Waals surface area contributed by atoms with Gasteiger partial charge in [-0.15, -0.1) is 0 Å². The van der Waals surface area contributed by atoms with E-state index in [1.165, 1.54) is 0 Å². The highest BCUT2D eigenvalue weighted by atomic mass is 16.5. The number of nitrogens with one attached hydrogen (secondary N) is 1. The minimum Gasteiger partial charge on any atom is -0.453 e. The van der Waals surface area contributed by atoms with Gasteiger partial charge in [-0.2, -0.15) is 4.98 Å². The van der Waals surface area contributed by atoms with Crippen molar-refractivity contribution in [3.05, 3.63) is 36.2 Å². The van der Waals surface area contributed by atoms with Crippen LogP contribution in [0.2, 0.25) is 0 Å². The molecule has 1 fully saturated rings. The van der Waals surface area contributed by atoms with Crippen LogP contribution in [0.3, 0.4) is 0 Å². The molecule has 1 atom stereocenters. The van der Waals surface area contributed by atoms with Gasteiger partial charge in [-0.1, -0.05) is 23.4 Å². The molecule has 5 nitrogen and oxygen atoms in total. The van der Waals surface area contributed by atoms with Gasteiger partial charge in [0.2, 0.25) is 11.7 Å². The van der Waals surface area contributed by atoms with Crippen LogP contribution in [-0.2, 0) is 0 Å². The summed E-state index contributed by atoms with van der Waals surface area (Å²) < 4.78 is 11.0. The largest absolute Gasteiger partial charge is 0.453 e. The molecule has 3 heterocycles. The summed E-state index contributed by atoms with van der Waals surface area (Å²) in [6.07, 6.45) is 2.19. The van der Waals surface area contributed by atoms with Crippen LogP contribution >= 0.6 is 0 Å². The second kappa shape index (κ2) is 4.20. The number of hydrogen-bond donors (Lipinski definition) is 1. The fraction of sp³-hybridized carbons (Fsp3) is 0.286. The lowest BCUT2D eigenvalue weighted by molar-refractivity contribution is 0.344. The first-order chi connectivity index (χ1) is 9.40. The molecule has 0 radical (unpaired) electrons.